The third-order valence-electron chi connectivity index (χ3n) is 3.34. The summed E-state index contributed by atoms with van der Waals surface area (Å²) in [4.78, 5) is 2.23. The number of rotatable bonds is 3. The van der Waals surface area contributed by atoms with Crippen molar-refractivity contribution >= 4 is 5.69 Å². The molecule has 94 valence electrons. The second-order valence-corrected chi connectivity index (χ2v) is 4.57. The quantitative estimate of drug-likeness (QED) is 0.720. The number of aliphatic hydroxyl groups is 2. The van der Waals surface area contributed by atoms with Crippen LogP contribution < -0.4 is 10.6 Å². The number of piperidine rings is 1. The van der Waals surface area contributed by atoms with Crippen molar-refractivity contribution in [2.75, 3.05) is 24.6 Å². The molecule has 1 heterocycles. The summed E-state index contributed by atoms with van der Waals surface area (Å²) >= 11 is 0. The molecule has 0 unspecified atom stereocenters. The molecule has 0 aromatic heterocycles. The van der Waals surface area contributed by atoms with Gasteiger partial charge in [-0.2, -0.15) is 0 Å². The average molecular weight is 236 g/mol. The molecule has 0 amide bonds. The standard InChI is InChI=1S/C13H20N2O2/c14-12(9-16)11-3-1-2-4-13(11)15-7-5-10(17)6-8-15/h1-4,10,12,16-17H,5-9,14H2/t12-/m1/s1. The molecule has 4 N–H and O–H groups in total. The molecule has 4 heteroatoms. The lowest BCUT2D eigenvalue weighted by Gasteiger charge is -2.33. The topological polar surface area (TPSA) is 69.7 Å². The van der Waals surface area contributed by atoms with Crippen LogP contribution >= 0.6 is 0 Å². The van der Waals surface area contributed by atoms with E-state index in [1.165, 1.54) is 0 Å². The molecule has 0 radical (unpaired) electrons. The Morgan fingerprint density at radius 1 is 1.29 bits per heavy atom. The molecule has 1 aliphatic rings. The number of aliphatic hydroxyl groups excluding tert-OH is 2. The van der Waals surface area contributed by atoms with Gasteiger partial charge in [-0.15, -0.1) is 0 Å². The first kappa shape index (κ1) is 12.4. The van der Waals surface area contributed by atoms with E-state index in [0.717, 1.165) is 37.2 Å². The van der Waals surface area contributed by atoms with Crippen molar-refractivity contribution in [1.82, 2.24) is 0 Å². The van der Waals surface area contributed by atoms with Crippen LogP contribution in [0.15, 0.2) is 24.3 Å². The first-order valence-corrected chi connectivity index (χ1v) is 6.10. The number of para-hydroxylation sites is 1. The van der Waals surface area contributed by atoms with Gasteiger partial charge in [-0.1, -0.05) is 18.2 Å². The highest BCUT2D eigenvalue weighted by Gasteiger charge is 2.20. The Morgan fingerprint density at radius 2 is 1.94 bits per heavy atom. The Labute approximate surface area is 102 Å². The zero-order valence-electron chi connectivity index (χ0n) is 9.92. The lowest BCUT2D eigenvalue weighted by Crippen LogP contribution is -2.37. The summed E-state index contributed by atoms with van der Waals surface area (Å²) in [5, 5.41) is 18.7. The van der Waals surface area contributed by atoms with Gasteiger partial charge in [0.2, 0.25) is 0 Å². The molecular formula is C13H20N2O2. The molecule has 1 aliphatic heterocycles. The maximum Gasteiger partial charge on any atom is 0.0625 e. The summed E-state index contributed by atoms with van der Waals surface area (Å²) in [7, 11) is 0. The van der Waals surface area contributed by atoms with E-state index in [-0.39, 0.29) is 18.8 Å². The molecule has 1 atom stereocenters. The maximum absolute atomic E-state index is 9.51. The van der Waals surface area contributed by atoms with Crippen LogP contribution in [-0.2, 0) is 0 Å². The number of hydrogen-bond donors (Lipinski definition) is 3. The molecule has 1 aromatic rings. The van der Waals surface area contributed by atoms with Crippen LogP contribution in [0.5, 0.6) is 0 Å². The van der Waals surface area contributed by atoms with Crippen molar-refractivity contribution in [2.24, 2.45) is 5.73 Å². The minimum atomic E-state index is -0.335. The van der Waals surface area contributed by atoms with E-state index < -0.39 is 0 Å². The van der Waals surface area contributed by atoms with Gasteiger partial charge >= 0.3 is 0 Å². The van der Waals surface area contributed by atoms with Crippen LogP contribution in [0.3, 0.4) is 0 Å². The number of anilines is 1. The number of hydrogen-bond acceptors (Lipinski definition) is 4. The summed E-state index contributed by atoms with van der Waals surface area (Å²) in [5.41, 5.74) is 7.97. The van der Waals surface area contributed by atoms with Crippen LogP contribution in [-0.4, -0.2) is 36.0 Å². The predicted molar refractivity (Wildman–Crippen MR) is 67.9 cm³/mol. The van der Waals surface area contributed by atoms with E-state index >= 15 is 0 Å². The average Bonchev–Trinajstić information content (AvgIpc) is 2.39. The van der Waals surface area contributed by atoms with Gasteiger partial charge in [-0.3, -0.25) is 0 Å². The van der Waals surface area contributed by atoms with Crippen LogP contribution in [0.25, 0.3) is 0 Å². The Bertz CT molecular complexity index is 362. The predicted octanol–water partition coefficient (Wildman–Crippen LogP) is 0.640. The molecule has 0 spiro atoms. The normalized spacial score (nSPS) is 19.4. The van der Waals surface area contributed by atoms with Gasteiger partial charge in [0.25, 0.3) is 0 Å². The zero-order chi connectivity index (χ0) is 12.3. The number of nitrogens with two attached hydrogens (primary N) is 1. The van der Waals surface area contributed by atoms with Crippen molar-refractivity contribution in [2.45, 2.75) is 25.0 Å². The molecular weight excluding hydrogens is 216 g/mol. The summed E-state index contributed by atoms with van der Waals surface area (Å²) in [6, 6.07) is 7.57. The highest BCUT2D eigenvalue weighted by Crippen LogP contribution is 2.27. The Balaban J connectivity index is 2.19. The lowest BCUT2D eigenvalue weighted by atomic mass is 10.0. The van der Waals surface area contributed by atoms with E-state index in [4.69, 9.17) is 10.8 Å². The fraction of sp³-hybridized carbons (Fsp3) is 0.538. The molecule has 17 heavy (non-hydrogen) atoms. The fourth-order valence-corrected chi connectivity index (χ4v) is 2.29. The third kappa shape index (κ3) is 2.77. The summed E-state index contributed by atoms with van der Waals surface area (Å²) in [6.45, 7) is 1.64. The van der Waals surface area contributed by atoms with Crippen LogP contribution in [0.4, 0.5) is 5.69 Å². The maximum atomic E-state index is 9.51. The highest BCUT2D eigenvalue weighted by molar-refractivity contribution is 5.55. The van der Waals surface area contributed by atoms with Crippen LogP contribution in [0.2, 0.25) is 0 Å². The summed E-state index contributed by atoms with van der Waals surface area (Å²) < 4.78 is 0. The molecule has 0 saturated carbocycles. The summed E-state index contributed by atoms with van der Waals surface area (Å²) in [6.07, 6.45) is 1.41. The van der Waals surface area contributed by atoms with Crippen molar-refractivity contribution < 1.29 is 10.2 Å². The Morgan fingerprint density at radius 3 is 2.59 bits per heavy atom. The molecule has 1 fully saturated rings. The second kappa shape index (κ2) is 5.49. The van der Waals surface area contributed by atoms with Gasteiger partial charge < -0.3 is 20.8 Å². The Hall–Kier alpha value is -1.10. The number of nitrogens with zero attached hydrogens (tertiary/aromatic N) is 1. The molecule has 0 bridgehead atoms. The Kier molecular flexibility index (Phi) is 3.99. The van der Waals surface area contributed by atoms with E-state index in [1.807, 2.05) is 24.3 Å². The molecule has 0 aliphatic carbocycles. The summed E-state index contributed by atoms with van der Waals surface area (Å²) in [5.74, 6) is 0. The minimum absolute atomic E-state index is 0.0481. The molecule has 1 aromatic carbocycles. The lowest BCUT2D eigenvalue weighted by molar-refractivity contribution is 0.145. The molecule has 1 saturated heterocycles. The highest BCUT2D eigenvalue weighted by atomic mass is 16.3. The van der Waals surface area contributed by atoms with E-state index in [9.17, 15) is 5.11 Å². The van der Waals surface area contributed by atoms with Crippen LogP contribution in [0.1, 0.15) is 24.4 Å². The third-order valence-corrected chi connectivity index (χ3v) is 3.34. The monoisotopic (exact) mass is 236 g/mol. The van der Waals surface area contributed by atoms with Crippen molar-refractivity contribution in [3.63, 3.8) is 0 Å². The number of benzene rings is 1. The van der Waals surface area contributed by atoms with Crippen molar-refractivity contribution in [3.05, 3.63) is 29.8 Å². The first-order valence-electron chi connectivity index (χ1n) is 6.10. The van der Waals surface area contributed by atoms with Gasteiger partial charge in [0.1, 0.15) is 0 Å². The van der Waals surface area contributed by atoms with Crippen molar-refractivity contribution in [3.8, 4) is 0 Å². The fourth-order valence-electron chi connectivity index (χ4n) is 2.29. The van der Waals surface area contributed by atoms with E-state index in [2.05, 4.69) is 4.90 Å². The SMILES string of the molecule is N[C@H](CO)c1ccccc1N1CCC(O)CC1. The minimum Gasteiger partial charge on any atom is -0.394 e. The van der Waals surface area contributed by atoms with Crippen LogP contribution in [0, 0.1) is 0 Å². The van der Waals surface area contributed by atoms with Gasteiger partial charge in [-0.05, 0) is 24.5 Å². The first-order chi connectivity index (χ1) is 8.22. The van der Waals surface area contributed by atoms with Gasteiger partial charge in [0, 0.05) is 18.8 Å². The van der Waals surface area contributed by atoms with Gasteiger partial charge in [0.05, 0.1) is 18.8 Å². The smallest absolute Gasteiger partial charge is 0.0625 e. The largest absolute Gasteiger partial charge is 0.394 e. The van der Waals surface area contributed by atoms with E-state index in [1.54, 1.807) is 0 Å². The van der Waals surface area contributed by atoms with Crippen molar-refractivity contribution in [1.29, 1.82) is 0 Å². The second-order valence-electron chi connectivity index (χ2n) is 4.57. The molecule has 2 rings (SSSR count). The zero-order valence-corrected chi connectivity index (χ0v) is 9.92. The van der Waals surface area contributed by atoms with Gasteiger partial charge in [-0.25, -0.2) is 0 Å². The van der Waals surface area contributed by atoms with E-state index in [0.29, 0.717) is 0 Å². The molecule has 4 nitrogen and oxygen atoms in total. The van der Waals surface area contributed by atoms with Gasteiger partial charge in [0.15, 0.2) is 0 Å².